The number of hydrogen-bond acceptors (Lipinski definition) is 3. The minimum absolute atomic E-state index is 0.276. The molecule has 0 aromatic heterocycles. The average molecular weight is 240 g/mol. The molecule has 2 fully saturated rings. The second-order valence-corrected chi connectivity index (χ2v) is 6.06. The second-order valence-electron chi connectivity index (χ2n) is 6.06. The highest BCUT2D eigenvalue weighted by Crippen LogP contribution is 2.36. The van der Waals surface area contributed by atoms with Crippen molar-refractivity contribution in [2.24, 2.45) is 11.7 Å². The average Bonchev–Trinajstić information content (AvgIpc) is 2.75. The first-order valence-corrected chi connectivity index (χ1v) is 7.18. The van der Waals surface area contributed by atoms with Crippen LogP contribution < -0.4 is 5.73 Å². The lowest BCUT2D eigenvalue weighted by atomic mass is 9.88. The van der Waals surface area contributed by atoms with E-state index < -0.39 is 0 Å². The van der Waals surface area contributed by atoms with E-state index in [1.54, 1.807) is 0 Å². The SMILES string of the molecule is COC1CCN(C2(CN)CCCC(C)CC2)C1. The number of methoxy groups -OCH3 is 1. The van der Waals surface area contributed by atoms with Crippen LogP contribution in [-0.4, -0.2) is 43.3 Å². The third-order valence-corrected chi connectivity index (χ3v) is 4.97. The van der Waals surface area contributed by atoms with Crippen LogP contribution in [0, 0.1) is 5.92 Å². The molecule has 1 aliphatic carbocycles. The lowest BCUT2D eigenvalue weighted by molar-refractivity contribution is 0.0643. The van der Waals surface area contributed by atoms with E-state index in [1.165, 1.54) is 45.1 Å². The number of nitrogens with zero attached hydrogens (tertiary/aromatic N) is 1. The molecule has 1 saturated carbocycles. The molecule has 3 heteroatoms. The van der Waals surface area contributed by atoms with E-state index in [1.807, 2.05) is 7.11 Å². The maximum absolute atomic E-state index is 6.14. The van der Waals surface area contributed by atoms with E-state index in [0.717, 1.165) is 19.0 Å². The van der Waals surface area contributed by atoms with Gasteiger partial charge in [0.15, 0.2) is 0 Å². The molecule has 0 spiro atoms. The van der Waals surface area contributed by atoms with Crippen LogP contribution in [0.4, 0.5) is 0 Å². The fourth-order valence-electron chi connectivity index (χ4n) is 3.56. The minimum atomic E-state index is 0.276. The van der Waals surface area contributed by atoms with Gasteiger partial charge in [0.1, 0.15) is 0 Å². The van der Waals surface area contributed by atoms with Crippen LogP contribution in [0.5, 0.6) is 0 Å². The fraction of sp³-hybridized carbons (Fsp3) is 1.00. The largest absolute Gasteiger partial charge is 0.380 e. The van der Waals surface area contributed by atoms with E-state index in [9.17, 15) is 0 Å². The summed E-state index contributed by atoms with van der Waals surface area (Å²) < 4.78 is 5.49. The molecule has 0 aromatic carbocycles. The summed E-state index contributed by atoms with van der Waals surface area (Å²) in [6.07, 6.45) is 8.22. The van der Waals surface area contributed by atoms with Gasteiger partial charge in [-0.3, -0.25) is 4.90 Å². The molecule has 0 amide bonds. The Morgan fingerprint density at radius 1 is 1.29 bits per heavy atom. The quantitative estimate of drug-likeness (QED) is 0.767. The summed E-state index contributed by atoms with van der Waals surface area (Å²) in [5.74, 6) is 0.879. The standard InChI is InChI=1S/C14H28N2O/c1-12-4-3-7-14(11-15,8-5-12)16-9-6-13(10-16)17-2/h12-13H,3-11,15H2,1-2H3. The number of rotatable bonds is 3. The van der Waals surface area contributed by atoms with E-state index in [4.69, 9.17) is 10.5 Å². The van der Waals surface area contributed by atoms with Gasteiger partial charge >= 0.3 is 0 Å². The van der Waals surface area contributed by atoms with Gasteiger partial charge in [-0.05, 0) is 31.6 Å². The molecule has 0 aromatic rings. The molecule has 17 heavy (non-hydrogen) atoms. The van der Waals surface area contributed by atoms with Crippen molar-refractivity contribution >= 4 is 0 Å². The second kappa shape index (κ2) is 5.68. The molecule has 1 aliphatic heterocycles. The van der Waals surface area contributed by atoms with Crippen LogP contribution in [-0.2, 0) is 4.74 Å². The van der Waals surface area contributed by atoms with Crippen molar-refractivity contribution in [3.8, 4) is 0 Å². The Balaban J connectivity index is 2.03. The Hall–Kier alpha value is -0.120. The number of nitrogens with two attached hydrogens (primary N) is 1. The molecule has 3 atom stereocenters. The minimum Gasteiger partial charge on any atom is -0.380 e. The molecular formula is C14H28N2O. The van der Waals surface area contributed by atoms with E-state index in [2.05, 4.69) is 11.8 Å². The maximum atomic E-state index is 6.14. The predicted octanol–water partition coefficient (Wildman–Crippen LogP) is 2.00. The zero-order valence-corrected chi connectivity index (χ0v) is 11.5. The molecule has 3 unspecified atom stereocenters. The van der Waals surface area contributed by atoms with E-state index in [0.29, 0.717) is 6.10 Å². The molecular weight excluding hydrogens is 212 g/mol. The summed E-state index contributed by atoms with van der Waals surface area (Å²) in [5, 5.41) is 0. The third kappa shape index (κ3) is 2.83. The van der Waals surface area contributed by atoms with Gasteiger partial charge in [-0.2, -0.15) is 0 Å². The Labute approximate surface area is 106 Å². The van der Waals surface area contributed by atoms with Gasteiger partial charge in [-0.15, -0.1) is 0 Å². The number of likely N-dealkylation sites (tertiary alicyclic amines) is 1. The normalized spacial score (nSPS) is 40.4. The highest BCUT2D eigenvalue weighted by molar-refractivity contribution is 4.97. The number of hydrogen-bond donors (Lipinski definition) is 1. The summed E-state index contributed by atoms with van der Waals surface area (Å²) in [6, 6.07) is 0. The Morgan fingerprint density at radius 3 is 2.76 bits per heavy atom. The summed E-state index contributed by atoms with van der Waals surface area (Å²) in [7, 11) is 1.83. The molecule has 2 aliphatic rings. The topological polar surface area (TPSA) is 38.5 Å². The van der Waals surface area contributed by atoms with Gasteiger partial charge < -0.3 is 10.5 Å². The first kappa shape index (κ1) is 13.3. The summed E-state index contributed by atoms with van der Waals surface area (Å²) in [6.45, 7) is 5.46. The van der Waals surface area contributed by atoms with Crippen molar-refractivity contribution in [1.82, 2.24) is 4.90 Å². The van der Waals surface area contributed by atoms with Crippen LogP contribution in [0.1, 0.15) is 45.4 Å². The fourth-order valence-corrected chi connectivity index (χ4v) is 3.56. The van der Waals surface area contributed by atoms with E-state index in [-0.39, 0.29) is 5.54 Å². The van der Waals surface area contributed by atoms with Crippen LogP contribution in [0.15, 0.2) is 0 Å². The Bertz CT molecular complexity index is 246. The van der Waals surface area contributed by atoms with Crippen molar-refractivity contribution in [1.29, 1.82) is 0 Å². The van der Waals surface area contributed by atoms with Gasteiger partial charge in [-0.25, -0.2) is 0 Å². The maximum Gasteiger partial charge on any atom is 0.0710 e. The Kier molecular flexibility index (Phi) is 4.45. The molecule has 2 rings (SSSR count). The molecule has 3 nitrogen and oxygen atoms in total. The monoisotopic (exact) mass is 240 g/mol. The molecule has 2 N–H and O–H groups in total. The molecule has 0 bridgehead atoms. The van der Waals surface area contributed by atoms with Crippen molar-refractivity contribution in [2.45, 2.75) is 57.1 Å². The van der Waals surface area contributed by atoms with Gasteiger partial charge in [0.25, 0.3) is 0 Å². The van der Waals surface area contributed by atoms with Crippen LogP contribution in [0.3, 0.4) is 0 Å². The predicted molar refractivity (Wildman–Crippen MR) is 71.0 cm³/mol. The molecule has 100 valence electrons. The first-order valence-electron chi connectivity index (χ1n) is 7.18. The lowest BCUT2D eigenvalue weighted by Gasteiger charge is -2.41. The molecule has 0 radical (unpaired) electrons. The summed E-state index contributed by atoms with van der Waals surface area (Å²) >= 11 is 0. The van der Waals surface area contributed by atoms with Crippen molar-refractivity contribution in [3.05, 3.63) is 0 Å². The van der Waals surface area contributed by atoms with Gasteiger partial charge in [0.05, 0.1) is 6.10 Å². The first-order chi connectivity index (χ1) is 8.20. The van der Waals surface area contributed by atoms with Crippen LogP contribution in [0.25, 0.3) is 0 Å². The zero-order chi connectivity index (χ0) is 12.3. The molecule has 1 saturated heterocycles. The van der Waals surface area contributed by atoms with Crippen molar-refractivity contribution < 1.29 is 4.74 Å². The van der Waals surface area contributed by atoms with Gasteiger partial charge in [0, 0.05) is 32.3 Å². The smallest absolute Gasteiger partial charge is 0.0710 e. The van der Waals surface area contributed by atoms with Crippen molar-refractivity contribution in [3.63, 3.8) is 0 Å². The third-order valence-electron chi connectivity index (χ3n) is 4.97. The molecule has 1 heterocycles. The highest BCUT2D eigenvalue weighted by Gasteiger charge is 2.40. The lowest BCUT2D eigenvalue weighted by Crippen LogP contribution is -2.53. The summed E-state index contributed by atoms with van der Waals surface area (Å²) in [4.78, 5) is 2.62. The zero-order valence-electron chi connectivity index (χ0n) is 11.5. The highest BCUT2D eigenvalue weighted by atomic mass is 16.5. The number of ether oxygens (including phenoxy) is 1. The van der Waals surface area contributed by atoms with Gasteiger partial charge in [0.2, 0.25) is 0 Å². The van der Waals surface area contributed by atoms with Crippen molar-refractivity contribution in [2.75, 3.05) is 26.7 Å². The van der Waals surface area contributed by atoms with E-state index >= 15 is 0 Å². The van der Waals surface area contributed by atoms with Crippen LogP contribution in [0.2, 0.25) is 0 Å². The van der Waals surface area contributed by atoms with Gasteiger partial charge in [-0.1, -0.05) is 19.8 Å². The Morgan fingerprint density at radius 2 is 2.12 bits per heavy atom. The van der Waals surface area contributed by atoms with Crippen LogP contribution >= 0.6 is 0 Å². The summed E-state index contributed by atoms with van der Waals surface area (Å²) in [5.41, 5.74) is 6.41.